The van der Waals surface area contributed by atoms with Gasteiger partial charge in [0.25, 0.3) is 0 Å². The van der Waals surface area contributed by atoms with Crippen LogP contribution in [0, 0.1) is 0 Å². The van der Waals surface area contributed by atoms with Crippen molar-refractivity contribution in [3.63, 3.8) is 0 Å². The Labute approximate surface area is 64.0 Å². The molecule has 2 atom stereocenters. The summed E-state index contributed by atoms with van der Waals surface area (Å²) in [6.07, 6.45) is 1.03. The van der Waals surface area contributed by atoms with E-state index in [4.69, 9.17) is 21.8 Å². The van der Waals surface area contributed by atoms with Gasteiger partial charge in [0.1, 0.15) is 5.76 Å². The fourth-order valence-corrected chi connectivity index (χ4v) is 1.22. The molecule has 54 valence electrons. The van der Waals surface area contributed by atoms with E-state index >= 15 is 0 Å². The number of halogens is 1. The Hall–Kier alpha value is -0.470. The maximum absolute atomic E-state index is 5.60. The lowest BCUT2D eigenvalue weighted by Crippen LogP contribution is -1.99. The molecule has 0 bridgehead atoms. The second-order valence-corrected chi connectivity index (χ2v) is 3.02. The van der Waals surface area contributed by atoms with Crippen molar-refractivity contribution in [3.8, 4) is 0 Å². The van der Waals surface area contributed by atoms with Crippen molar-refractivity contribution in [2.45, 2.75) is 18.4 Å². The number of nitrogens with two attached hydrogens (primary N) is 1. The van der Waals surface area contributed by atoms with Crippen LogP contribution in [-0.4, -0.2) is 6.04 Å². The van der Waals surface area contributed by atoms with Gasteiger partial charge >= 0.3 is 0 Å². The number of hydrogen-bond donors (Lipinski definition) is 1. The van der Waals surface area contributed by atoms with Gasteiger partial charge in [0.15, 0.2) is 5.22 Å². The summed E-state index contributed by atoms with van der Waals surface area (Å²) in [6.45, 7) is 0. The number of hydrogen-bond acceptors (Lipinski definition) is 2. The largest absolute Gasteiger partial charge is 0.449 e. The maximum atomic E-state index is 5.60. The van der Waals surface area contributed by atoms with Crippen LogP contribution in [0.15, 0.2) is 16.5 Å². The van der Waals surface area contributed by atoms with E-state index in [-0.39, 0.29) is 0 Å². The van der Waals surface area contributed by atoms with Gasteiger partial charge in [-0.05, 0) is 30.2 Å². The van der Waals surface area contributed by atoms with E-state index in [0.29, 0.717) is 17.2 Å². The molecule has 0 aliphatic heterocycles. The van der Waals surface area contributed by atoms with Gasteiger partial charge in [-0.1, -0.05) is 0 Å². The number of rotatable bonds is 1. The zero-order valence-corrected chi connectivity index (χ0v) is 6.14. The Balaban J connectivity index is 2.20. The molecule has 0 spiro atoms. The third-order valence-electron chi connectivity index (χ3n) is 1.80. The number of furan rings is 1. The smallest absolute Gasteiger partial charge is 0.193 e. The SMILES string of the molecule is N[C@@H]1C[C@H]1c1ccc(Cl)o1. The first kappa shape index (κ1) is 6.25. The molecule has 0 radical (unpaired) electrons. The van der Waals surface area contributed by atoms with E-state index in [1.807, 2.05) is 6.07 Å². The van der Waals surface area contributed by atoms with Crippen LogP contribution in [0.5, 0.6) is 0 Å². The molecule has 10 heavy (non-hydrogen) atoms. The zero-order chi connectivity index (χ0) is 7.14. The highest BCUT2D eigenvalue weighted by Crippen LogP contribution is 2.40. The average Bonchev–Trinajstić information content (AvgIpc) is 2.42. The third-order valence-corrected chi connectivity index (χ3v) is 2.00. The van der Waals surface area contributed by atoms with Gasteiger partial charge in [0, 0.05) is 12.0 Å². The normalized spacial score (nSPS) is 30.6. The van der Waals surface area contributed by atoms with E-state index in [1.54, 1.807) is 6.07 Å². The van der Waals surface area contributed by atoms with Crippen LogP contribution in [0.1, 0.15) is 18.1 Å². The fraction of sp³-hybridized carbons (Fsp3) is 0.429. The molecule has 1 aromatic rings. The van der Waals surface area contributed by atoms with Crippen molar-refractivity contribution < 1.29 is 4.42 Å². The first-order chi connectivity index (χ1) is 4.77. The monoisotopic (exact) mass is 157 g/mol. The summed E-state index contributed by atoms with van der Waals surface area (Å²) in [5, 5.41) is 0.453. The Morgan fingerprint density at radius 2 is 2.30 bits per heavy atom. The second kappa shape index (κ2) is 2.01. The molecule has 3 heteroatoms. The van der Waals surface area contributed by atoms with E-state index in [2.05, 4.69) is 0 Å². The summed E-state index contributed by atoms with van der Waals surface area (Å²) < 4.78 is 5.16. The van der Waals surface area contributed by atoms with Crippen molar-refractivity contribution in [2.75, 3.05) is 0 Å². The molecule has 1 saturated carbocycles. The predicted molar refractivity (Wildman–Crippen MR) is 39.1 cm³/mol. The van der Waals surface area contributed by atoms with Crippen LogP contribution in [0.2, 0.25) is 5.22 Å². The van der Waals surface area contributed by atoms with Crippen LogP contribution in [0.25, 0.3) is 0 Å². The van der Waals surface area contributed by atoms with Crippen molar-refractivity contribution >= 4 is 11.6 Å². The lowest BCUT2D eigenvalue weighted by Gasteiger charge is -1.87. The second-order valence-electron chi connectivity index (χ2n) is 2.65. The highest BCUT2D eigenvalue weighted by atomic mass is 35.5. The first-order valence-corrected chi connectivity index (χ1v) is 3.66. The minimum absolute atomic E-state index is 0.294. The molecule has 1 heterocycles. The Morgan fingerprint density at radius 3 is 2.70 bits per heavy atom. The molecule has 1 fully saturated rings. The molecule has 1 aliphatic rings. The lowest BCUT2D eigenvalue weighted by atomic mass is 10.3. The van der Waals surface area contributed by atoms with Gasteiger partial charge in [-0.2, -0.15) is 0 Å². The van der Waals surface area contributed by atoms with Crippen molar-refractivity contribution in [3.05, 3.63) is 23.1 Å². The van der Waals surface area contributed by atoms with E-state index < -0.39 is 0 Å². The molecule has 1 aliphatic carbocycles. The summed E-state index contributed by atoms with van der Waals surface area (Å²) in [5.74, 6) is 1.35. The molecule has 2 nitrogen and oxygen atoms in total. The standard InChI is InChI=1S/C7H8ClNO/c8-7-2-1-6(10-7)4-3-5(4)9/h1-2,4-5H,3,9H2/t4-,5-/m1/s1. The molecule has 0 aromatic carbocycles. The molecular weight excluding hydrogens is 150 g/mol. The van der Waals surface area contributed by atoms with Gasteiger partial charge in [-0.3, -0.25) is 0 Å². The molecular formula is C7H8ClNO. The predicted octanol–water partition coefficient (Wildman–Crippen LogP) is 1.75. The van der Waals surface area contributed by atoms with E-state index in [9.17, 15) is 0 Å². The zero-order valence-electron chi connectivity index (χ0n) is 5.38. The first-order valence-electron chi connectivity index (χ1n) is 3.28. The van der Waals surface area contributed by atoms with Crippen LogP contribution >= 0.6 is 11.6 Å². The van der Waals surface area contributed by atoms with Crippen LogP contribution in [-0.2, 0) is 0 Å². The van der Waals surface area contributed by atoms with Gasteiger partial charge in [0.2, 0.25) is 0 Å². The van der Waals surface area contributed by atoms with E-state index in [0.717, 1.165) is 12.2 Å². The van der Waals surface area contributed by atoms with Gasteiger partial charge in [0.05, 0.1) is 0 Å². The Kier molecular flexibility index (Phi) is 1.25. The summed E-state index contributed by atoms with van der Waals surface area (Å²) >= 11 is 5.57. The van der Waals surface area contributed by atoms with Crippen LogP contribution < -0.4 is 5.73 Å². The van der Waals surface area contributed by atoms with E-state index in [1.165, 1.54) is 0 Å². The Morgan fingerprint density at radius 1 is 1.60 bits per heavy atom. The quantitative estimate of drug-likeness (QED) is 0.675. The Bertz CT molecular complexity index is 246. The topological polar surface area (TPSA) is 39.2 Å². The van der Waals surface area contributed by atoms with Crippen LogP contribution in [0.4, 0.5) is 0 Å². The maximum Gasteiger partial charge on any atom is 0.193 e. The third kappa shape index (κ3) is 0.935. The summed E-state index contributed by atoms with van der Waals surface area (Å²) in [5.41, 5.74) is 5.60. The average molecular weight is 158 g/mol. The molecule has 2 rings (SSSR count). The minimum atomic E-state index is 0.294. The fourth-order valence-electron chi connectivity index (χ4n) is 1.07. The molecule has 2 N–H and O–H groups in total. The van der Waals surface area contributed by atoms with Gasteiger partial charge in [-0.15, -0.1) is 0 Å². The summed E-state index contributed by atoms with van der Waals surface area (Å²) in [7, 11) is 0. The highest BCUT2D eigenvalue weighted by Gasteiger charge is 2.37. The molecule has 0 unspecified atom stereocenters. The van der Waals surface area contributed by atoms with Crippen LogP contribution in [0.3, 0.4) is 0 Å². The van der Waals surface area contributed by atoms with Crippen molar-refractivity contribution in [1.82, 2.24) is 0 Å². The van der Waals surface area contributed by atoms with Gasteiger partial charge in [-0.25, -0.2) is 0 Å². The highest BCUT2D eigenvalue weighted by molar-refractivity contribution is 6.28. The molecule has 0 saturated heterocycles. The summed E-state index contributed by atoms with van der Waals surface area (Å²) in [6, 6.07) is 3.93. The van der Waals surface area contributed by atoms with Gasteiger partial charge < -0.3 is 10.2 Å². The molecule has 0 amide bonds. The summed E-state index contributed by atoms with van der Waals surface area (Å²) in [4.78, 5) is 0. The molecule has 1 aromatic heterocycles. The minimum Gasteiger partial charge on any atom is -0.449 e. The lowest BCUT2D eigenvalue weighted by molar-refractivity contribution is 0.511. The van der Waals surface area contributed by atoms with Crippen molar-refractivity contribution in [2.24, 2.45) is 5.73 Å². The van der Waals surface area contributed by atoms with Crippen molar-refractivity contribution in [1.29, 1.82) is 0 Å².